The summed E-state index contributed by atoms with van der Waals surface area (Å²) in [5.41, 5.74) is 7.33. The van der Waals surface area contributed by atoms with Gasteiger partial charge in [-0.1, -0.05) is 31.9 Å². The Morgan fingerprint density at radius 2 is 2.00 bits per heavy atom. The van der Waals surface area contributed by atoms with E-state index in [4.69, 9.17) is 5.73 Å². The molecule has 1 unspecified atom stereocenters. The maximum atomic E-state index is 12.4. The predicted octanol–water partition coefficient (Wildman–Crippen LogP) is 2.10. The number of sulfonamides is 1. The second kappa shape index (κ2) is 7.03. The zero-order valence-electron chi connectivity index (χ0n) is 11.9. The fourth-order valence-electron chi connectivity index (χ4n) is 1.96. The van der Waals surface area contributed by atoms with Gasteiger partial charge in [0.2, 0.25) is 10.0 Å². The van der Waals surface area contributed by atoms with Gasteiger partial charge in [0, 0.05) is 12.6 Å². The Morgan fingerprint density at radius 3 is 2.58 bits per heavy atom. The summed E-state index contributed by atoms with van der Waals surface area (Å²) in [5, 5.41) is 0. The topological polar surface area (TPSA) is 72.2 Å². The molecule has 0 saturated heterocycles. The Morgan fingerprint density at radius 1 is 1.32 bits per heavy atom. The Balaban J connectivity index is 2.93. The van der Waals surface area contributed by atoms with Crippen molar-refractivity contribution in [1.82, 2.24) is 4.72 Å². The van der Waals surface area contributed by atoms with Crippen molar-refractivity contribution in [3.05, 3.63) is 29.3 Å². The van der Waals surface area contributed by atoms with Crippen molar-refractivity contribution in [3.63, 3.8) is 0 Å². The minimum absolute atomic E-state index is 0.190. The summed E-state index contributed by atoms with van der Waals surface area (Å²) in [4.78, 5) is 0.349. The molecule has 0 amide bonds. The van der Waals surface area contributed by atoms with Crippen LogP contribution in [0.15, 0.2) is 23.1 Å². The summed E-state index contributed by atoms with van der Waals surface area (Å²) >= 11 is 0. The predicted molar refractivity (Wildman–Crippen MR) is 78.6 cm³/mol. The molecule has 1 aromatic carbocycles. The second-order valence-corrected chi connectivity index (χ2v) is 6.65. The van der Waals surface area contributed by atoms with E-state index < -0.39 is 10.0 Å². The van der Waals surface area contributed by atoms with Crippen molar-refractivity contribution < 1.29 is 8.42 Å². The molecule has 0 fully saturated rings. The monoisotopic (exact) mass is 284 g/mol. The number of hydrogen-bond acceptors (Lipinski definition) is 3. The average Bonchev–Trinajstić information content (AvgIpc) is 2.37. The van der Waals surface area contributed by atoms with Gasteiger partial charge in [-0.2, -0.15) is 0 Å². The molecule has 0 spiro atoms. The summed E-state index contributed by atoms with van der Waals surface area (Å²) in [6.45, 7) is 6.09. The lowest BCUT2D eigenvalue weighted by Crippen LogP contribution is -2.40. The molecule has 4 nitrogen and oxygen atoms in total. The van der Waals surface area contributed by atoms with Crippen LogP contribution in [0.5, 0.6) is 0 Å². The van der Waals surface area contributed by atoms with E-state index in [2.05, 4.69) is 11.6 Å². The van der Waals surface area contributed by atoms with Gasteiger partial charge in [-0.25, -0.2) is 13.1 Å². The number of unbranched alkanes of at least 4 members (excludes halogenated alkanes) is 1. The minimum Gasteiger partial charge on any atom is -0.329 e. The molecule has 0 aliphatic heterocycles. The van der Waals surface area contributed by atoms with Gasteiger partial charge in [0.05, 0.1) is 4.90 Å². The van der Waals surface area contributed by atoms with Gasteiger partial charge >= 0.3 is 0 Å². The number of aryl methyl sites for hydroxylation is 2. The van der Waals surface area contributed by atoms with Crippen molar-refractivity contribution in [3.8, 4) is 0 Å². The van der Waals surface area contributed by atoms with Crippen LogP contribution in [0.2, 0.25) is 0 Å². The highest BCUT2D eigenvalue weighted by atomic mass is 32.2. The van der Waals surface area contributed by atoms with Crippen LogP contribution in [0, 0.1) is 13.8 Å². The number of benzene rings is 1. The van der Waals surface area contributed by atoms with E-state index >= 15 is 0 Å². The average molecular weight is 284 g/mol. The van der Waals surface area contributed by atoms with E-state index in [9.17, 15) is 8.42 Å². The maximum Gasteiger partial charge on any atom is 0.241 e. The molecular weight excluding hydrogens is 260 g/mol. The first kappa shape index (κ1) is 16.1. The van der Waals surface area contributed by atoms with Crippen LogP contribution in [-0.2, 0) is 10.0 Å². The number of rotatable bonds is 7. The van der Waals surface area contributed by atoms with Gasteiger partial charge in [-0.3, -0.25) is 0 Å². The van der Waals surface area contributed by atoms with Gasteiger partial charge < -0.3 is 5.73 Å². The van der Waals surface area contributed by atoms with Crippen LogP contribution in [0.3, 0.4) is 0 Å². The summed E-state index contributed by atoms with van der Waals surface area (Å²) in [6, 6.07) is 5.24. The first-order chi connectivity index (χ1) is 8.90. The van der Waals surface area contributed by atoms with Gasteiger partial charge in [-0.05, 0) is 37.5 Å². The van der Waals surface area contributed by atoms with E-state index in [0.717, 1.165) is 30.4 Å². The zero-order valence-corrected chi connectivity index (χ0v) is 12.8. The molecule has 1 aromatic rings. The quantitative estimate of drug-likeness (QED) is 0.805. The Hall–Kier alpha value is -0.910. The third-order valence-corrected chi connectivity index (χ3v) is 4.81. The van der Waals surface area contributed by atoms with Gasteiger partial charge in [0.15, 0.2) is 0 Å². The molecule has 0 bridgehead atoms. The van der Waals surface area contributed by atoms with Crippen LogP contribution < -0.4 is 10.5 Å². The lowest BCUT2D eigenvalue weighted by Gasteiger charge is -2.17. The third kappa shape index (κ3) is 4.60. The van der Waals surface area contributed by atoms with E-state index in [0.29, 0.717) is 11.4 Å². The first-order valence-electron chi connectivity index (χ1n) is 6.70. The Labute approximate surface area is 116 Å². The molecule has 0 radical (unpaired) electrons. The van der Waals surface area contributed by atoms with Crippen LogP contribution in [0.25, 0.3) is 0 Å². The van der Waals surface area contributed by atoms with Crippen molar-refractivity contribution >= 4 is 10.0 Å². The standard InChI is InChI=1S/C14H24N2O2S/c1-4-5-6-13(10-15)16-19(17,18)14-9-11(2)7-8-12(14)3/h7-9,13,16H,4-6,10,15H2,1-3H3. The number of nitrogens with one attached hydrogen (secondary N) is 1. The Bertz CT molecular complexity index is 512. The van der Waals surface area contributed by atoms with E-state index in [-0.39, 0.29) is 6.04 Å². The third-order valence-electron chi connectivity index (χ3n) is 3.15. The van der Waals surface area contributed by atoms with E-state index in [1.807, 2.05) is 19.1 Å². The molecule has 0 aromatic heterocycles. The molecular formula is C14H24N2O2S. The van der Waals surface area contributed by atoms with Gasteiger partial charge in [-0.15, -0.1) is 0 Å². The fraction of sp³-hybridized carbons (Fsp3) is 0.571. The molecule has 1 atom stereocenters. The molecule has 108 valence electrons. The van der Waals surface area contributed by atoms with Gasteiger partial charge in [0.25, 0.3) is 0 Å². The van der Waals surface area contributed by atoms with Crippen molar-refractivity contribution in [2.75, 3.05) is 6.54 Å². The normalized spacial score (nSPS) is 13.5. The van der Waals surface area contributed by atoms with Crippen LogP contribution in [0.4, 0.5) is 0 Å². The smallest absolute Gasteiger partial charge is 0.241 e. The maximum absolute atomic E-state index is 12.4. The van der Waals surface area contributed by atoms with Gasteiger partial charge in [0.1, 0.15) is 0 Å². The number of hydrogen-bond donors (Lipinski definition) is 2. The highest BCUT2D eigenvalue weighted by Gasteiger charge is 2.20. The highest BCUT2D eigenvalue weighted by Crippen LogP contribution is 2.17. The van der Waals surface area contributed by atoms with Crippen molar-refractivity contribution in [1.29, 1.82) is 0 Å². The molecule has 1 rings (SSSR count). The minimum atomic E-state index is -3.49. The van der Waals surface area contributed by atoms with E-state index in [1.54, 1.807) is 13.0 Å². The van der Waals surface area contributed by atoms with Crippen molar-refractivity contribution in [2.45, 2.75) is 51.0 Å². The molecule has 0 aliphatic carbocycles. The zero-order chi connectivity index (χ0) is 14.5. The summed E-state index contributed by atoms with van der Waals surface area (Å²) in [6.07, 6.45) is 2.77. The molecule has 19 heavy (non-hydrogen) atoms. The first-order valence-corrected chi connectivity index (χ1v) is 8.18. The summed E-state index contributed by atoms with van der Waals surface area (Å²) in [5.74, 6) is 0. The molecule has 3 N–H and O–H groups in total. The lowest BCUT2D eigenvalue weighted by molar-refractivity contribution is 0.516. The molecule has 0 heterocycles. The summed E-state index contributed by atoms with van der Waals surface area (Å²) < 4.78 is 27.5. The molecule has 0 aliphatic rings. The van der Waals surface area contributed by atoms with E-state index in [1.165, 1.54) is 0 Å². The Kier molecular flexibility index (Phi) is 5.97. The second-order valence-electron chi connectivity index (χ2n) is 4.97. The lowest BCUT2D eigenvalue weighted by atomic mass is 10.1. The molecule has 5 heteroatoms. The fourth-order valence-corrected chi connectivity index (χ4v) is 3.57. The summed E-state index contributed by atoms with van der Waals surface area (Å²) in [7, 11) is -3.49. The largest absolute Gasteiger partial charge is 0.329 e. The molecule has 0 saturated carbocycles. The van der Waals surface area contributed by atoms with Crippen LogP contribution in [0.1, 0.15) is 37.3 Å². The van der Waals surface area contributed by atoms with Crippen molar-refractivity contribution in [2.24, 2.45) is 5.73 Å². The van der Waals surface area contributed by atoms with Crippen LogP contribution >= 0.6 is 0 Å². The SMILES string of the molecule is CCCCC(CN)NS(=O)(=O)c1cc(C)ccc1C. The highest BCUT2D eigenvalue weighted by molar-refractivity contribution is 7.89. The number of nitrogens with two attached hydrogens (primary N) is 1. The van der Waals surface area contributed by atoms with Crippen LogP contribution in [-0.4, -0.2) is 21.0 Å².